The number of nitrogens with one attached hydrogen (secondary N) is 2. The molecule has 0 bridgehead atoms. The highest BCUT2D eigenvalue weighted by molar-refractivity contribution is 5.96. The molecule has 26 heavy (non-hydrogen) atoms. The molecule has 0 aliphatic rings. The first-order valence-electron chi connectivity index (χ1n) is 8.46. The van der Waals surface area contributed by atoms with Crippen molar-refractivity contribution < 1.29 is 19.1 Å². The van der Waals surface area contributed by atoms with E-state index in [0.717, 1.165) is 12.0 Å². The fourth-order valence-electron chi connectivity index (χ4n) is 2.44. The Balaban J connectivity index is 1.83. The summed E-state index contributed by atoms with van der Waals surface area (Å²) >= 11 is 0. The van der Waals surface area contributed by atoms with Crippen LogP contribution in [0.1, 0.15) is 34.8 Å². The minimum Gasteiger partial charge on any atom is -0.493 e. The van der Waals surface area contributed by atoms with Gasteiger partial charge in [-0.3, -0.25) is 20.4 Å². The molecule has 0 spiro atoms. The number of ether oxygens (including phenoxy) is 2. The molecular weight excluding hydrogens is 332 g/mol. The summed E-state index contributed by atoms with van der Waals surface area (Å²) in [5, 5.41) is 0. The van der Waals surface area contributed by atoms with Crippen molar-refractivity contribution in [2.75, 3.05) is 14.2 Å². The summed E-state index contributed by atoms with van der Waals surface area (Å²) in [5.41, 5.74) is 7.55. The van der Waals surface area contributed by atoms with Crippen molar-refractivity contribution in [3.8, 4) is 11.5 Å². The molecule has 0 aromatic heterocycles. The Morgan fingerprint density at radius 3 is 2.15 bits per heavy atom. The van der Waals surface area contributed by atoms with Crippen molar-refractivity contribution in [3.05, 3.63) is 59.2 Å². The smallest absolute Gasteiger partial charge is 0.269 e. The van der Waals surface area contributed by atoms with E-state index >= 15 is 0 Å². The molecule has 2 amide bonds. The summed E-state index contributed by atoms with van der Waals surface area (Å²) in [4.78, 5) is 24.1. The largest absolute Gasteiger partial charge is 0.493 e. The van der Waals surface area contributed by atoms with Crippen LogP contribution in [-0.4, -0.2) is 26.0 Å². The monoisotopic (exact) mass is 356 g/mol. The lowest BCUT2D eigenvalue weighted by Gasteiger charge is -2.11. The Labute approximate surface area is 153 Å². The number of hydrogen-bond donors (Lipinski definition) is 2. The molecule has 0 heterocycles. The van der Waals surface area contributed by atoms with E-state index in [-0.39, 0.29) is 12.3 Å². The van der Waals surface area contributed by atoms with Crippen LogP contribution < -0.4 is 20.3 Å². The van der Waals surface area contributed by atoms with Gasteiger partial charge in [0.25, 0.3) is 5.91 Å². The molecule has 0 aliphatic heterocycles. The van der Waals surface area contributed by atoms with Crippen LogP contribution in [0, 0.1) is 0 Å². The van der Waals surface area contributed by atoms with Gasteiger partial charge in [-0.25, -0.2) is 0 Å². The van der Waals surface area contributed by atoms with Crippen LogP contribution in [0.2, 0.25) is 0 Å². The number of amides is 2. The predicted octanol–water partition coefficient (Wildman–Crippen LogP) is 2.66. The molecule has 2 rings (SSSR count). The van der Waals surface area contributed by atoms with E-state index in [4.69, 9.17) is 9.47 Å². The minimum absolute atomic E-state index is 0.251. The van der Waals surface area contributed by atoms with E-state index in [1.807, 2.05) is 12.1 Å². The first kappa shape index (κ1) is 19.3. The van der Waals surface area contributed by atoms with E-state index in [9.17, 15) is 9.59 Å². The van der Waals surface area contributed by atoms with Gasteiger partial charge in [0.1, 0.15) is 0 Å². The molecule has 6 heteroatoms. The SMILES string of the molecule is CCc1ccc(CCC(=O)NNC(=O)c2ccc(OC)c(OC)c2)cc1. The third kappa shape index (κ3) is 5.24. The molecular formula is C20H24N2O4. The summed E-state index contributed by atoms with van der Waals surface area (Å²) in [6, 6.07) is 12.9. The molecule has 0 radical (unpaired) electrons. The molecule has 2 aromatic rings. The Bertz CT molecular complexity index is 757. The van der Waals surface area contributed by atoms with Crippen molar-refractivity contribution in [3.63, 3.8) is 0 Å². The van der Waals surface area contributed by atoms with Gasteiger partial charge in [-0.2, -0.15) is 0 Å². The average molecular weight is 356 g/mol. The van der Waals surface area contributed by atoms with Gasteiger partial charge in [0.05, 0.1) is 14.2 Å². The van der Waals surface area contributed by atoms with Gasteiger partial charge in [-0.05, 0) is 42.2 Å². The number of hydrogen-bond acceptors (Lipinski definition) is 4. The fourth-order valence-corrected chi connectivity index (χ4v) is 2.44. The quantitative estimate of drug-likeness (QED) is 0.748. The van der Waals surface area contributed by atoms with Crippen LogP contribution in [0.15, 0.2) is 42.5 Å². The third-order valence-electron chi connectivity index (χ3n) is 4.03. The van der Waals surface area contributed by atoms with Crippen LogP contribution >= 0.6 is 0 Å². The highest BCUT2D eigenvalue weighted by Crippen LogP contribution is 2.27. The minimum atomic E-state index is -0.424. The molecule has 0 aliphatic carbocycles. The second-order valence-electron chi connectivity index (χ2n) is 5.74. The first-order chi connectivity index (χ1) is 12.6. The highest BCUT2D eigenvalue weighted by Gasteiger charge is 2.11. The Morgan fingerprint density at radius 2 is 1.54 bits per heavy atom. The van der Waals surface area contributed by atoms with Crippen LogP contribution in [0.5, 0.6) is 11.5 Å². The Morgan fingerprint density at radius 1 is 0.885 bits per heavy atom. The standard InChI is InChI=1S/C20H24N2O4/c1-4-14-5-7-15(8-6-14)9-12-19(23)21-22-20(24)16-10-11-17(25-2)18(13-16)26-3/h5-8,10-11,13H,4,9,12H2,1-3H3,(H,21,23)(H,22,24). The Kier molecular flexibility index (Phi) is 7.02. The van der Waals surface area contributed by atoms with Gasteiger partial charge in [0, 0.05) is 12.0 Å². The highest BCUT2D eigenvalue weighted by atomic mass is 16.5. The molecule has 0 fully saturated rings. The molecule has 0 atom stereocenters. The summed E-state index contributed by atoms with van der Waals surface area (Å²) in [6.45, 7) is 2.10. The van der Waals surface area contributed by atoms with Crippen LogP contribution in [-0.2, 0) is 17.6 Å². The first-order valence-corrected chi connectivity index (χ1v) is 8.46. The van der Waals surface area contributed by atoms with Gasteiger partial charge in [-0.1, -0.05) is 31.2 Å². The summed E-state index contributed by atoms with van der Waals surface area (Å²) < 4.78 is 10.3. The molecule has 0 saturated carbocycles. The topological polar surface area (TPSA) is 76.7 Å². The molecule has 0 unspecified atom stereocenters. The maximum Gasteiger partial charge on any atom is 0.269 e. The number of methoxy groups -OCH3 is 2. The fraction of sp³-hybridized carbons (Fsp3) is 0.300. The lowest BCUT2D eigenvalue weighted by atomic mass is 10.1. The predicted molar refractivity (Wildman–Crippen MR) is 99.3 cm³/mol. The van der Waals surface area contributed by atoms with Crippen LogP contribution in [0.3, 0.4) is 0 Å². The van der Waals surface area contributed by atoms with Crippen molar-refractivity contribution in [1.82, 2.24) is 10.9 Å². The lowest BCUT2D eigenvalue weighted by molar-refractivity contribution is -0.121. The van der Waals surface area contributed by atoms with E-state index in [0.29, 0.717) is 23.5 Å². The van der Waals surface area contributed by atoms with Crippen molar-refractivity contribution in [2.24, 2.45) is 0 Å². The zero-order valence-electron chi connectivity index (χ0n) is 15.3. The number of carbonyl (C=O) groups is 2. The molecule has 138 valence electrons. The number of hydrazine groups is 1. The van der Waals surface area contributed by atoms with Crippen LogP contribution in [0.4, 0.5) is 0 Å². The van der Waals surface area contributed by atoms with E-state index < -0.39 is 5.91 Å². The average Bonchev–Trinajstić information content (AvgIpc) is 2.70. The lowest BCUT2D eigenvalue weighted by Crippen LogP contribution is -2.41. The number of aryl methyl sites for hydroxylation is 2. The van der Waals surface area contributed by atoms with Crippen molar-refractivity contribution >= 4 is 11.8 Å². The maximum atomic E-state index is 12.1. The molecule has 2 N–H and O–H groups in total. The third-order valence-corrected chi connectivity index (χ3v) is 4.03. The summed E-state index contributed by atoms with van der Waals surface area (Å²) in [7, 11) is 3.02. The van der Waals surface area contributed by atoms with Gasteiger partial charge in [-0.15, -0.1) is 0 Å². The second-order valence-corrected chi connectivity index (χ2v) is 5.74. The second kappa shape index (κ2) is 9.46. The van der Waals surface area contributed by atoms with Gasteiger partial charge in [0.15, 0.2) is 11.5 Å². The Hall–Kier alpha value is -3.02. The van der Waals surface area contributed by atoms with Gasteiger partial charge < -0.3 is 9.47 Å². The number of benzene rings is 2. The normalized spacial score (nSPS) is 10.1. The maximum absolute atomic E-state index is 12.1. The molecule has 6 nitrogen and oxygen atoms in total. The summed E-state index contributed by atoms with van der Waals surface area (Å²) in [6.07, 6.45) is 1.89. The van der Waals surface area contributed by atoms with E-state index in [1.165, 1.54) is 19.8 Å². The number of rotatable bonds is 7. The zero-order chi connectivity index (χ0) is 18.9. The molecule has 0 saturated heterocycles. The van der Waals surface area contributed by atoms with Crippen LogP contribution in [0.25, 0.3) is 0 Å². The van der Waals surface area contributed by atoms with E-state index in [1.54, 1.807) is 18.2 Å². The van der Waals surface area contributed by atoms with Crippen molar-refractivity contribution in [1.29, 1.82) is 0 Å². The summed E-state index contributed by atoms with van der Waals surface area (Å²) in [5.74, 6) is 0.300. The van der Waals surface area contributed by atoms with Crippen molar-refractivity contribution in [2.45, 2.75) is 26.2 Å². The zero-order valence-corrected chi connectivity index (χ0v) is 15.3. The van der Waals surface area contributed by atoms with Gasteiger partial charge in [0.2, 0.25) is 5.91 Å². The molecule has 2 aromatic carbocycles. The number of carbonyl (C=O) groups excluding carboxylic acids is 2. The van der Waals surface area contributed by atoms with Gasteiger partial charge >= 0.3 is 0 Å². The van der Waals surface area contributed by atoms with E-state index in [2.05, 4.69) is 29.9 Å².